The van der Waals surface area contributed by atoms with E-state index in [-0.39, 0.29) is 18.3 Å². The average molecular weight is 260 g/mol. The van der Waals surface area contributed by atoms with Crippen LogP contribution in [0.2, 0.25) is 0 Å². The lowest BCUT2D eigenvalue weighted by Crippen LogP contribution is -2.26. The largest absolute Gasteiger partial charge is 0.506 e. The van der Waals surface area contributed by atoms with E-state index in [0.29, 0.717) is 12.1 Å². The van der Waals surface area contributed by atoms with Crippen LogP contribution >= 0.6 is 0 Å². The van der Waals surface area contributed by atoms with E-state index >= 15 is 0 Å². The molecule has 0 aliphatic rings. The molecule has 100 valence electrons. The first-order chi connectivity index (χ1) is 9.11. The Hall–Kier alpha value is -2.14. The Balaban J connectivity index is 2.26. The number of pyridine rings is 1. The van der Waals surface area contributed by atoms with Gasteiger partial charge in [-0.2, -0.15) is 0 Å². The molecule has 0 amide bonds. The van der Waals surface area contributed by atoms with Gasteiger partial charge in [0.25, 0.3) is 0 Å². The lowest BCUT2D eigenvalue weighted by Gasteiger charge is -2.16. The summed E-state index contributed by atoms with van der Waals surface area (Å²) in [6.07, 6.45) is 1.64. The van der Waals surface area contributed by atoms with E-state index in [1.54, 1.807) is 12.3 Å². The molecule has 1 aromatic carbocycles. The number of likely N-dealkylation sites (N-methyl/N-ethyl adjacent to an activating group) is 1. The molecule has 2 rings (SSSR count). The van der Waals surface area contributed by atoms with Crippen LogP contribution in [0.5, 0.6) is 5.75 Å². The summed E-state index contributed by atoms with van der Waals surface area (Å²) in [7, 11) is 3.21. The summed E-state index contributed by atoms with van der Waals surface area (Å²) < 4.78 is 4.63. The Labute approximate surface area is 111 Å². The second kappa shape index (κ2) is 5.67. The van der Waals surface area contributed by atoms with Crippen molar-refractivity contribution in [3.05, 3.63) is 36.0 Å². The molecule has 0 saturated carbocycles. The molecule has 5 nitrogen and oxygen atoms in total. The van der Waals surface area contributed by atoms with Gasteiger partial charge >= 0.3 is 5.97 Å². The highest BCUT2D eigenvalue weighted by Gasteiger charge is 2.10. The van der Waals surface area contributed by atoms with Crippen LogP contribution in [0.15, 0.2) is 30.5 Å². The summed E-state index contributed by atoms with van der Waals surface area (Å²) in [6, 6.07) is 7.19. The van der Waals surface area contributed by atoms with Crippen LogP contribution in [0.3, 0.4) is 0 Å². The zero-order valence-corrected chi connectivity index (χ0v) is 11.0. The van der Waals surface area contributed by atoms with Crippen molar-refractivity contribution in [3.63, 3.8) is 0 Å². The highest BCUT2D eigenvalue weighted by molar-refractivity contribution is 5.87. The number of aromatic nitrogens is 1. The van der Waals surface area contributed by atoms with Gasteiger partial charge in [0.2, 0.25) is 0 Å². The number of hydrogen-bond donors (Lipinski definition) is 1. The molecule has 0 unspecified atom stereocenters. The van der Waals surface area contributed by atoms with E-state index in [9.17, 15) is 9.90 Å². The number of benzene rings is 1. The number of fused-ring (bicyclic) bond motifs is 1. The summed E-state index contributed by atoms with van der Waals surface area (Å²) in [5.74, 6) is -0.112. The first kappa shape index (κ1) is 13.3. The van der Waals surface area contributed by atoms with E-state index in [2.05, 4.69) is 9.72 Å². The van der Waals surface area contributed by atoms with Gasteiger partial charge < -0.3 is 9.84 Å². The number of rotatable bonds is 4. The van der Waals surface area contributed by atoms with Crippen LogP contribution in [0, 0.1) is 0 Å². The van der Waals surface area contributed by atoms with Crippen molar-refractivity contribution in [3.8, 4) is 5.75 Å². The molecular formula is C14H16N2O3. The SMILES string of the molecule is COC(=O)CN(C)Cc1ccc(O)c2ncccc12. The van der Waals surface area contributed by atoms with Crippen LogP contribution in [0.1, 0.15) is 5.56 Å². The number of esters is 1. The molecule has 0 aliphatic carbocycles. The predicted octanol–water partition coefficient (Wildman–Crippen LogP) is 1.55. The minimum Gasteiger partial charge on any atom is -0.506 e. The number of phenols is 1. The third kappa shape index (κ3) is 3.00. The smallest absolute Gasteiger partial charge is 0.319 e. The number of carbonyl (C=O) groups is 1. The van der Waals surface area contributed by atoms with Gasteiger partial charge in [-0.3, -0.25) is 14.7 Å². The van der Waals surface area contributed by atoms with E-state index in [1.165, 1.54) is 7.11 Å². The first-order valence-corrected chi connectivity index (χ1v) is 5.92. The van der Waals surface area contributed by atoms with Crippen molar-refractivity contribution in [2.45, 2.75) is 6.54 Å². The number of ether oxygens (including phenoxy) is 1. The van der Waals surface area contributed by atoms with Crippen LogP contribution in [0.25, 0.3) is 10.9 Å². The predicted molar refractivity (Wildman–Crippen MR) is 71.8 cm³/mol. The van der Waals surface area contributed by atoms with Gasteiger partial charge in [-0.1, -0.05) is 12.1 Å². The van der Waals surface area contributed by atoms with E-state index < -0.39 is 0 Å². The summed E-state index contributed by atoms with van der Waals surface area (Å²) in [6.45, 7) is 0.802. The standard InChI is InChI=1S/C14H16N2O3/c1-16(9-13(18)19-2)8-10-5-6-12(17)14-11(10)4-3-7-15-14/h3-7,17H,8-9H2,1-2H3. The Morgan fingerprint density at radius 2 is 2.21 bits per heavy atom. The number of phenolic OH excluding ortho intramolecular Hbond substituents is 1. The normalized spacial score (nSPS) is 10.9. The maximum atomic E-state index is 11.2. The molecule has 2 aromatic rings. The van der Waals surface area contributed by atoms with Gasteiger partial charge in [-0.05, 0) is 24.7 Å². The zero-order chi connectivity index (χ0) is 13.8. The molecule has 0 atom stereocenters. The van der Waals surface area contributed by atoms with Crippen LogP contribution in [-0.4, -0.2) is 41.7 Å². The number of aromatic hydroxyl groups is 1. The lowest BCUT2D eigenvalue weighted by atomic mass is 10.1. The van der Waals surface area contributed by atoms with Gasteiger partial charge in [-0.25, -0.2) is 0 Å². The van der Waals surface area contributed by atoms with Crippen LogP contribution in [0.4, 0.5) is 0 Å². The number of carbonyl (C=O) groups excluding carboxylic acids is 1. The van der Waals surface area contributed by atoms with Gasteiger partial charge in [0.1, 0.15) is 11.3 Å². The highest BCUT2D eigenvalue weighted by atomic mass is 16.5. The third-order valence-corrected chi connectivity index (χ3v) is 2.91. The Morgan fingerprint density at radius 1 is 1.42 bits per heavy atom. The molecule has 0 fully saturated rings. The Bertz CT molecular complexity index is 598. The van der Waals surface area contributed by atoms with Crippen molar-refractivity contribution >= 4 is 16.9 Å². The monoisotopic (exact) mass is 260 g/mol. The third-order valence-electron chi connectivity index (χ3n) is 2.91. The number of nitrogens with zero attached hydrogens (tertiary/aromatic N) is 2. The molecule has 1 heterocycles. The van der Waals surface area contributed by atoms with E-state index in [4.69, 9.17) is 0 Å². The van der Waals surface area contributed by atoms with Gasteiger partial charge in [-0.15, -0.1) is 0 Å². The molecular weight excluding hydrogens is 244 g/mol. The molecule has 0 saturated heterocycles. The fourth-order valence-corrected chi connectivity index (χ4v) is 1.99. The minimum absolute atomic E-state index is 0.162. The number of methoxy groups -OCH3 is 1. The van der Waals surface area contributed by atoms with E-state index in [0.717, 1.165) is 10.9 Å². The van der Waals surface area contributed by atoms with Gasteiger partial charge in [0.15, 0.2) is 0 Å². The van der Waals surface area contributed by atoms with Crippen molar-refractivity contribution in [2.75, 3.05) is 20.7 Å². The second-order valence-corrected chi connectivity index (χ2v) is 4.39. The second-order valence-electron chi connectivity index (χ2n) is 4.39. The number of hydrogen-bond acceptors (Lipinski definition) is 5. The molecule has 5 heteroatoms. The molecule has 0 bridgehead atoms. The van der Waals surface area contributed by atoms with Crippen molar-refractivity contribution < 1.29 is 14.6 Å². The maximum absolute atomic E-state index is 11.2. The lowest BCUT2D eigenvalue weighted by molar-refractivity contribution is -0.141. The van der Waals surface area contributed by atoms with Gasteiger partial charge in [0.05, 0.1) is 13.7 Å². The molecule has 1 N–H and O–H groups in total. The summed E-state index contributed by atoms with van der Waals surface area (Å²) in [4.78, 5) is 17.2. The maximum Gasteiger partial charge on any atom is 0.319 e. The van der Waals surface area contributed by atoms with Crippen molar-refractivity contribution in [1.29, 1.82) is 0 Å². The fourth-order valence-electron chi connectivity index (χ4n) is 1.99. The minimum atomic E-state index is -0.274. The first-order valence-electron chi connectivity index (χ1n) is 5.92. The average Bonchev–Trinajstić information content (AvgIpc) is 2.42. The Kier molecular flexibility index (Phi) is 3.97. The highest BCUT2D eigenvalue weighted by Crippen LogP contribution is 2.25. The van der Waals surface area contributed by atoms with Crippen LogP contribution < -0.4 is 0 Å². The Morgan fingerprint density at radius 3 is 2.95 bits per heavy atom. The molecule has 0 spiro atoms. The molecule has 0 radical (unpaired) electrons. The van der Waals surface area contributed by atoms with Crippen LogP contribution in [-0.2, 0) is 16.1 Å². The molecule has 0 aliphatic heterocycles. The fraction of sp³-hybridized carbons (Fsp3) is 0.286. The zero-order valence-electron chi connectivity index (χ0n) is 11.0. The van der Waals surface area contributed by atoms with E-state index in [1.807, 2.05) is 30.1 Å². The summed E-state index contributed by atoms with van der Waals surface area (Å²) in [5, 5.41) is 10.7. The summed E-state index contributed by atoms with van der Waals surface area (Å²) in [5.41, 5.74) is 1.58. The summed E-state index contributed by atoms with van der Waals surface area (Å²) >= 11 is 0. The van der Waals surface area contributed by atoms with Gasteiger partial charge in [0, 0.05) is 18.1 Å². The van der Waals surface area contributed by atoms with Crippen molar-refractivity contribution in [2.24, 2.45) is 0 Å². The van der Waals surface area contributed by atoms with Crippen molar-refractivity contribution in [1.82, 2.24) is 9.88 Å². The molecule has 19 heavy (non-hydrogen) atoms. The topological polar surface area (TPSA) is 62.7 Å². The molecule has 1 aromatic heterocycles. The quantitative estimate of drug-likeness (QED) is 0.845.